The van der Waals surface area contributed by atoms with Crippen LogP contribution in [0.5, 0.6) is 0 Å². The average molecular weight is 438 g/mol. The number of rotatable bonds is 6. The maximum atomic E-state index is 9.15. The molecule has 4 heterocycles. The molecular weight excluding hydrogens is 406 g/mol. The molecule has 0 bridgehead atoms. The number of aliphatic hydroxyl groups excluding tert-OH is 1. The SMILES string of the molecule is CN(CCCO)C1CCN(c2nc(-c3cccnc3)nc3sc4c(c23)CCCC4)CC1. The van der Waals surface area contributed by atoms with E-state index in [1.165, 1.54) is 35.1 Å². The van der Waals surface area contributed by atoms with Gasteiger partial charge in [-0.2, -0.15) is 0 Å². The summed E-state index contributed by atoms with van der Waals surface area (Å²) in [7, 11) is 2.19. The highest BCUT2D eigenvalue weighted by Crippen LogP contribution is 2.41. The van der Waals surface area contributed by atoms with Crippen LogP contribution >= 0.6 is 11.3 Å². The van der Waals surface area contributed by atoms with Crippen LogP contribution in [-0.4, -0.2) is 64.3 Å². The molecule has 0 atom stereocenters. The Labute approximate surface area is 188 Å². The molecule has 1 aliphatic heterocycles. The van der Waals surface area contributed by atoms with E-state index in [-0.39, 0.29) is 6.61 Å². The van der Waals surface area contributed by atoms with E-state index < -0.39 is 0 Å². The Bertz CT molecular complexity index is 1030. The van der Waals surface area contributed by atoms with Crippen molar-refractivity contribution >= 4 is 27.4 Å². The van der Waals surface area contributed by atoms with Gasteiger partial charge < -0.3 is 14.9 Å². The van der Waals surface area contributed by atoms with Gasteiger partial charge in [-0.3, -0.25) is 4.98 Å². The number of thiophene rings is 1. The molecule has 1 aliphatic carbocycles. The minimum Gasteiger partial charge on any atom is -0.396 e. The second kappa shape index (κ2) is 9.18. The van der Waals surface area contributed by atoms with E-state index in [1.54, 1.807) is 6.20 Å². The van der Waals surface area contributed by atoms with Crippen molar-refractivity contribution in [3.05, 3.63) is 35.0 Å². The van der Waals surface area contributed by atoms with E-state index in [9.17, 15) is 0 Å². The van der Waals surface area contributed by atoms with Crippen LogP contribution in [0.3, 0.4) is 0 Å². The van der Waals surface area contributed by atoms with Gasteiger partial charge in [0.05, 0.1) is 5.39 Å². The van der Waals surface area contributed by atoms with Gasteiger partial charge in [-0.05, 0) is 69.7 Å². The molecule has 3 aromatic heterocycles. The zero-order valence-corrected chi connectivity index (χ0v) is 19.1. The molecule has 0 unspecified atom stereocenters. The maximum Gasteiger partial charge on any atom is 0.164 e. The lowest BCUT2D eigenvalue weighted by atomic mass is 9.96. The van der Waals surface area contributed by atoms with Gasteiger partial charge in [0.25, 0.3) is 0 Å². The molecule has 5 rings (SSSR count). The zero-order chi connectivity index (χ0) is 21.2. The molecule has 164 valence electrons. The van der Waals surface area contributed by atoms with Gasteiger partial charge in [0.2, 0.25) is 0 Å². The molecule has 0 aromatic carbocycles. The van der Waals surface area contributed by atoms with Crippen molar-refractivity contribution in [1.29, 1.82) is 0 Å². The van der Waals surface area contributed by atoms with Crippen molar-refractivity contribution < 1.29 is 5.11 Å². The summed E-state index contributed by atoms with van der Waals surface area (Å²) >= 11 is 1.87. The fourth-order valence-electron chi connectivity index (χ4n) is 5.01. The molecule has 7 heteroatoms. The van der Waals surface area contributed by atoms with Gasteiger partial charge in [-0.25, -0.2) is 9.97 Å². The number of anilines is 1. The predicted molar refractivity (Wildman–Crippen MR) is 127 cm³/mol. The van der Waals surface area contributed by atoms with Gasteiger partial charge in [-0.1, -0.05) is 0 Å². The van der Waals surface area contributed by atoms with Crippen molar-refractivity contribution in [2.75, 3.05) is 38.2 Å². The van der Waals surface area contributed by atoms with Crippen LogP contribution < -0.4 is 4.90 Å². The summed E-state index contributed by atoms with van der Waals surface area (Å²) in [6.07, 6.45) is 11.6. The van der Waals surface area contributed by atoms with Crippen LogP contribution in [0.15, 0.2) is 24.5 Å². The standard InChI is InChI=1S/C24H31N5OS/c1-28(12-5-15-30)18-9-13-29(14-10-18)23-21-19-7-2-3-8-20(19)31-24(21)27-22(26-23)17-6-4-11-25-16-17/h4,6,11,16,18,30H,2-3,5,7-10,12-15H2,1H3. The Morgan fingerprint density at radius 2 is 2.03 bits per heavy atom. The number of fused-ring (bicyclic) bond motifs is 3. The summed E-state index contributed by atoms with van der Waals surface area (Å²) < 4.78 is 0. The van der Waals surface area contributed by atoms with Crippen LogP contribution in [-0.2, 0) is 12.8 Å². The summed E-state index contributed by atoms with van der Waals surface area (Å²) in [6, 6.07) is 4.58. The van der Waals surface area contributed by atoms with E-state index in [0.717, 1.165) is 67.4 Å². The Morgan fingerprint density at radius 3 is 2.81 bits per heavy atom. The highest BCUT2D eigenvalue weighted by atomic mass is 32.1. The van der Waals surface area contributed by atoms with Gasteiger partial charge in [0, 0.05) is 55.1 Å². The second-order valence-electron chi connectivity index (χ2n) is 8.78. The molecule has 6 nitrogen and oxygen atoms in total. The van der Waals surface area contributed by atoms with Crippen LogP contribution in [0.25, 0.3) is 21.6 Å². The number of hydrogen-bond acceptors (Lipinski definition) is 7. The molecular formula is C24H31N5OS. The third-order valence-electron chi connectivity index (χ3n) is 6.77. The number of piperidine rings is 1. The second-order valence-corrected chi connectivity index (χ2v) is 9.86. The molecule has 0 saturated carbocycles. The van der Waals surface area contributed by atoms with E-state index in [2.05, 4.69) is 21.8 Å². The first-order chi connectivity index (χ1) is 15.2. The topological polar surface area (TPSA) is 65.4 Å². The summed E-state index contributed by atoms with van der Waals surface area (Å²) in [4.78, 5) is 22.0. The zero-order valence-electron chi connectivity index (χ0n) is 18.3. The van der Waals surface area contributed by atoms with Gasteiger partial charge in [0.15, 0.2) is 5.82 Å². The van der Waals surface area contributed by atoms with Gasteiger partial charge in [0.1, 0.15) is 10.6 Å². The average Bonchev–Trinajstić information content (AvgIpc) is 3.21. The minimum atomic E-state index is 0.266. The molecule has 31 heavy (non-hydrogen) atoms. The normalized spacial score (nSPS) is 17.5. The van der Waals surface area contributed by atoms with Crippen molar-refractivity contribution in [2.45, 2.75) is 51.0 Å². The number of nitrogens with zero attached hydrogens (tertiary/aromatic N) is 5. The Balaban J connectivity index is 1.49. The summed E-state index contributed by atoms with van der Waals surface area (Å²) in [6.45, 7) is 3.25. The lowest BCUT2D eigenvalue weighted by Crippen LogP contribution is -2.44. The smallest absolute Gasteiger partial charge is 0.164 e. The van der Waals surface area contributed by atoms with E-state index in [4.69, 9.17) is 15.1 Å². The first kappa shape index (κ1) is 20.8. The van der Waals surface area contributed by atoms with Gasteiger partial charge >= 0.3 is 0 Å². The predicted octanol–water partition coefficient (Wildman–Crippen LogP) is 3.92. The van der Waals surface area contributed by atoms with Crippen LogP contribution in [0.1, 0.15) is 42.5 Å². The number of pyridine rings is 1. The number of aliphatic hydroxyl groups is 1. The molecule has 2 aliphatic rings. The molecule has 0 spiro atoms. The van der Waals surface area contributed by atoms with E-state index in [1.807, 2.05) is 29.7 Å². The fourth-order valence-corrected chi connectivity index (χ4v) is 6.27. The Kier molecular flexibility index (Phi) is 6.16. The van der Waals surface area contributed by atoms with Crippen LogP contribution in [0, 0.1) is 0 Å². The molecule has 3 aromatic rings. The van der Waals surface area contributed by atoms with E-state index in [0.29, 0.717) is 6.04 Å². The van der Waals surface area contributed by atoms with Crippen LogP contribution in [0.4, 0.5) is 5.82 Å². The first-order valence-electron chi connectivity index (χ1n) is 11.5. The fraction of sp³-hybridized carbons (Fsp3) is 0.542. The molecule has 1 N–H and O–H groups in total. The minimum absolute atomic E-state index is 0.266. The summed E-state index contributed by atoms with van der Waals surface area (Å²) in [5, 5.41) is 10.5. The molecule has 1 saturated heterocycles. The number of aromatic nitrogens is 3. The van der Waals surface area contributed by atoms with Crippen LogP contribution in [0.2, 0.25) is 0 Å². The first-order valence-corrected chi connectivity index (χ1v) is 12.3. The van der Waals surface area contributed by atoms with Crippen molar-refractivity contribution in [1.82, 2.24) is 19.9 Å². The number of hydrogen-bond donors (Lipinski definition) is 1. The molecule has 0 radical (unpaired) electrons. The highest BCUT2D eigenvalue weighted by molar-refractivity contribution is 7.19. The highest BCUT2D eigenvalue weighted by Gasteiger charge is 2.28. The van der Waals surface area contributed by atoms with Crippen molar-refractivity contribution in [3.8, 4) is 11.4 Å². The lowest BCUT2D eigenvalue weighted by Gasteiger charge is -2.37. The Morgan fingerprint density at radius 1 is 1.19 bits per heavy atom. The third-order valence-corrected chi connectivity index (χ3v) is 7.96. The molecule has 0 amide bonds. The van der Waals surface area contributed by atoms with E-state index >= 15 is 0 Å². The largest absolute Gasteiger partial charge is 0.396 e. The number of aryl methyl sites for hydroxylation is 2. The Hall–Kier alpha value is -2.09. The van der Waals surface area contributed by atoms with Crippen molar-refractivity contribution in [2.24, 2.45) is 0 Å². The third kappa shape index (κ3) is 4.19. The summed E-state index contributed by atoms with van der Waals surface area (Å²) in [5.74, 6) is 1.91. The lowest BCUT2D eigenvalue weighted by molar-refractivity contribution is 0.184. The monoisotopic (exact) mass is 437 g/mol. The quantitative estimate of drug-likeness (QED) is 0.631. The maximum absolute atomic E-state index is 9.15. The van der Waals surface area contributed by atoms with Gasteiger partial charge in [-0.15, -0.1) is 11.3 Å². The summed E-state index contributed by atoms with van der Waals surface area (Å²) in [5.41, 5.74) is 2.48. The molecule has 1 fully saturated rings. The van der Waals surface area contributed by atoms with Crippen molar-refractivity contribution in [3.63, 3.8) is 0 Å².